The Labute approximate surface area is 135 Å². The van der Waals surface area contributed by atoms with Crippen LogP contribution in [0.4, 0.5) is 0 Å². The number of carbonyl (C=O) groups excluding carboxylic acids is 1. The molecule has 2 aromatic rings. The predicted molar refractivity (Wildman–Crippen MR) is 87.6 cm³/mol. The topological polar surface area (TPSA) is 22.0 Å². The Morgan fingerprint density at radius 1 is 1.15 bits per heavy atom. The van der Waals surface area contributed by atoms with Crippen LogP contribution in [0.3, 0.4) is 0 Å². The summed E-state index contributed by atoms with van der Waals surface area (Å²) in [6, 6.07) is 8.04. The molecule has 0 N–H and O–H groups in total. The van der Waals surface area contributed by atoms with Crippen molar-refractivity contribution in [2.75, 3.05) is 0 Å². The number of benzene rings is 1. The van der Waals surface area contributed by atoms with Gasteiger partial charge in [0.25, 0.3) is 0 Å². The van der Waals surface area contributed by atoms with Crippen LogP contribution >= 0.6 is 31.9 Å². The summed E-state index contributed by atoms with van der Waals surface area (Å²) >= 11 is 7.07. The molecule has 4 heteroatoms. The molecule has 0 atom stereocenters. The van der Waals surface area contributed by atoms with Crippen LogP contribution < -0.4 is 0 Å². The lowest BCUT2D eigenvalue weighted by Gasteiger charge is -2.29. The number of carbonyl (C=O) groups is 1. The van der Waals surface area contributed by atoms with E-state index in [0.29, 0.717) is 6.42 Å². The van der Waals surface area contributed by atoms with Crippen LogP contribution in [0.2, 0.25) is 0 Å². The van der Waals surface area contributed by atoms with Gasteiger partial charge in [0.05, 0.1) is 5.69 Å². The molecule has 0 saturated heterocycles. The van der Waals surface area contributed by atoms with E-state index in [9.17, 15) is 4.79 Å². The normalized spacial score (nSPS) is 17.1. The molecule has 1 aromatic carbocycles. The van der Waals surface area contributed by atoms with Gasteiger partial charge in [-0.1, -0.05) is 29.8 Å². The van der Waals surface area contributed by atoms with E-state index in [1.807, 2.05) is 24.4 Å². The maximum absolute atomic E-state index is 12.3. The highest BCUT2D eigenvalue weighted by molar-refractivity contribution is 9.11. The van der Waals surface area contributed by atoms with Crippen LogP contribution in [-0.4, -0.2) is 10.4 Å². The predicted octanol–water partition coefficient (Wildman–Crippen LogP) is 5.16. The van der Waals surface area contributed by atoms with Gasteiger partial charge in [-0.2, -0.15) is 0 Å². The third kappa shape index (κ3) is 2.40. The Balaban J connectivity index is 2.16. The van der Waals surface area contributed by atoms with E-state index in [1.54, 1.807) is 0 Å². The molecule has 0 spiro atoms. The third-order valence-electron chi connectivity index (χ3n) is 3.75. The summed E-state index contributed by atoms with van der Waals surface area (Å²) in [6.45, 7) is 4.31. The third-order valence-corrected chi connectivity index (χ3v) is 4.88. The summed E-state index contributed by atoms with van der Waals surface area (Å²) in [5.74, 6) is 0.253. The van der Waals surface area contributed by atoms with E-state index in [2.05, 4.69) is 56.3 Å². The van der Waals surface area contributed by atoms with Crippen molar-refractivity contribution >= 4 is 37.6 Å². The number of Topliss-reactive ketones (excluding diaryl/α,β-unsaturated/α-hetero) is 1. The smallest absolute Gasteiger partial charge is 0.165 e. The number of rotatable bonds is 1. The van der Waals surface area contributed by atoms with Crippen molar-refractivity contribution in [3.8, 4) is 5.69 Å². The number of hydrogen-bond donors (Lipinski definition) is 0. The minimum absolute atomic E-state index is 0.0298. The van der Waals surface area contributed by atoms with Crippen molar-refractivity contribution in [1.82, 2.24) is 4.57 Å². The van der Waals surface area contributed by atoms with E-state index in [1.165, 1.54) is 0 Å². The summed E-state index contributed by atoms with van der Waals surface area (Å²) in [6.07, 6.45) is 3.55. The van der Waals surface area contributed by atoms with E-state index in [4.69, 9.17) is 0 Å². The van der Waals surface area contributed by atoms with Gasteiger partial charge in [-0.3, -0.25) is 4.79 Å². The lowest BCUT2D eigenvalue weighted by molar-refractivity contribution is 0.0911. The van der Waals surface area contributed by atoms with Crippen molar-refractivity contribution in [2.24, 2.45) is 5.41 Å². The Kier molecular flexibility index (Phi) is 3.41. The molecule has 0 unspecified atom stereocenters. The van der Waals surface area contributed by atoms with Gasteiger partial charge in [0.15, 0.2) is 5.78 Å². The highest BCUT2D eigenvalue weighted by Gasteiger charge is 2.33. The van der Waals surface area contributed by atoms with Gasteiger partial charge < -0.3 is 4.57 Å². The second kappa shape index (κ2) is 4.85. The highest BCUT2D eigenvalue weighted by atomic mass is 79.9. The van der Waals surface area contributed by atoms with E-state index in [0.717, 1.165) is 32.3 Å². The summed E-state index contributed by atoms with van der Waals surface area (Å²) in [7, 11) is 0. The molecule has 1 aliphatic carbocycles. The van der Waals surface area contributed by atoms with Crippen molar-refractivity contribution in [3.05, 3.63) is 50.7 Å². The Morgan fingerprint density at radius 2 is 1.90 bits per heavy atom. The number of nitrogens with zero attached hydrogens (tertiary/aromatic N) is 1. The van der Waals surface area contributed by atoms with Crippen molar-refractivity contribution in [3.63, 3.8) is 0 Å². The number of ketones is 1. The molecule has 0 bridgehead atoms. The van der Waals surface area contributed by atoms with Gasteiger partial charge >= 0.3 is 0 Å². The summed E-state index contributed by atoms with van der Waals surface area (Å²) in [4.78, 5) is 12.3. The Morgan fingerprint density at radius 3 is 2.60 bits per heavy atom. The monoisotopic (exact) mass is 395 g/mol. The molecule has 1 aromatic heterocycles. The molecule has 2 nitrogen and oxygen atoms in total. The van der Waals surface area contributed by atoms with Gasteiger partial charge in [-0.25, -0.2) is 0 Å². The lowest BCUT2D eigenvalue weighted by atomic mass is 9.76. The zero-order valence-corrected chi connectivity index (χ0v) is 14.6. The molecule has 1 heterocycles. The van der Waals surface area contributed by atoms with Crippen LogP contribution in [0.1, 0.15) is 36.3 Å². The molecule has 3 rings (SSSR count). The van der Waals surface area contributed by atoms with Crippen LogP contribution in [0, 0.1) is 5.41 Å². The van der Waals surface area contributed by atoms with E-state index in [-0.39, 0.29) is 11.2 Å². The van der Waals surface area contributed by atoms with E-state index >= 15 is 0 Å². The lowest BCUT2D eigenvalue weighted by Crippen LogP contribution is -2.27. The fraction of sp³-hybridized carbons (Fsp3) is 0.312. The first-order chi connectivity index (χ1) is 9.37. The number of fused-ring (bicyclic) bond motifs is 1. The Bertz CT molecular complexity index is 700. The van der Waals surface area contributed by atoms with Crippen LogP contribution in [0.15, 0.2) is 39.4 Å². The largest absolute Gasteiger partial charge is 0.319 e. The van der Waals surface area contributed by atoms with Crippen molar-refractivity contribution < 1.29 is 4.79 Å². The number of aromatic nitrogens is 1. The van der Waals surface area contributed by atoms with Crippen molar-refractivity contribution in [2.45, 2.75) is 26.7 Å². The molecule has 20 heavy (non-hydrogen) atoms. The fourth-order valence-corrected chi connectivity index (χ4v) is 4.09. The molecule has 104 valence electrons. The summed E-state index contributed by atoms with van der Waals surface area (Å²) in [5.41, 5.74) is 3.09. The first-order valence-corrected chi connectivity index (χ1v) is 8.15. The molecule has 0 aliphatic heterocycles. The summed E-state index contributed by atoms with van der Waals surface area (Å²) < 4.78 is 4.18. The fourth-order valence-electron chi connectivity index (χ4n) is 2.85. The number of halogens is 2. The minimum Gasteiger partial charge on any atom is -0.319 e. The van der Waals surface area contributed by atoms with Crippen molar-refractivity contribution in [1.29, 1.82) is 0 Å². The molecule has 0 radical (unpaired) electrons. The maximum atomic E-state index is 12.3. The second-order valence-electron chi connectivity index (χ2n) is 6.08. The van der Waals surface area contributed by atoms with Crippen LogP contribution in [0.25, 0.3) is 5.69 Å². The van der Waals surface area contributed by atoms with Gasteiger partial charge in [0.1, 0.15) is 0 Å². The second-order valence-corrected chi connectivity index (χ2v) is 7.85. The summed E-state index contributed by atoms with van der Waals surface area (Å²) in [5, 5.41) is 0. The standard InChI is InChI=1S/C16H15Br2NO/c1-16(2)8-14-11(15(20)9-16)5-6-19(14)13-4-3-10(17)7-12(13)18/h3-7H,8-9H2,1-2H3. The molecule has 1 aliphatic rings. The van der Waals surface area contributed by atoms with Crippen LogP contribution in [0.5, 0.6) is 0 Å². The molecule has 0 saturated carbocycles. The van der Waals surface area contributed by atoms with Gasteiger partial charge in [0.2, 0.25) is 0 Å². The first kappa shape index (κ1) is 14.1. The minimum atomic E-state index is 0.0298. The average Bonchev–Trinajstić information content (AvgIpc) is 2.71. The average molecular weight is 397 g/mol. The molecule has 0 fully saturated rings. The molecular formula is C16H15Br2NO. The molecule has 0 amide bonds. The quantitative estimate of drug-likeness (QED) is 0.652. The van der Waals surface area contributed by atoms with Crippen LogP contribution in [-0.2, 0) is 6.42 Å². The zero-order chi connectivity index (χ0) is 14.5. The van der Waals surface area contributed by atoms with E-state index < -0.39 is 0 Å². The van der Waals surface area contributed by atoms with Gasteiger partial charge in [-0.05, 0) is 52.0 Å². The number of hydrogen-bond acceptors (Lipinski definition) is 1. The van der Waals surface area contributed by atoms with Gasteiger partial charge in [-0.15, -0.1) is 0 Å². The Hall–Kier alpha value is -0.870. The zero-order valence-electron chi connectivity index (χ0n) is 11.4. The van der Waals surface area contributed by atoms with Gasteiger partial charge in [0, 0.05) is 32.8 Å². The highest BCUT2D eigenvalue weighted by Crippen LogP contribution is 2.37. The molecular weight excluding hydrogens is 382 g/mol. The SMILES string of the molecule is CC1(C)CC(=O)c2ccn(-c3ccc(Br)cc3Br)c2C1. The first-order valence-electron chi connectivity index (χ1n) is 6.56. The maximum Gasteiger partial charge on any atom is 0.165 e.